The summed E-state index contributed by atoms with van der Waals surface area (Å²) in [4.78, 5) is 0. The van der Waals surface area contributed by atoms with Crippen molar-refractivity contribution in [2.75, 3.05) is 6.61 Å². The SMILES string of the molecule is CC1(C)CC(NCc2ccc(F)c(F)c2)CCO1. The Kier molecular flexibility index (Phi) is 3.97. The van der Waals surface area contributed by atoms with Gasteiger partial charge in [-0.25, -0.2) is 8.78 Å². The maximum atomic E-state index is 13.0. The van der Waals surface area contributed by atoms with Crippen LogP contribution < -0.4 is 5.32 Å². The molecular formula is C14H19F2NO. The van der Waals surface area contributed by atoms with E-state index in [4.69, 9.17) is 4.74 Å². The molecule has 1 atom stereocenters. The summed E-state index contributed by atoms with van der Waals surface area (Å²) in [6.45, 7) is 5.43. The molecule has 1 heterocycles. The molecule has 100 valence electrons. The zero-order valence-corrected chi connectivity index (χ0v) is 10.8. The second-order valence-corrected chi connectivity index (χ2v) is 5.43. The molecule has 1 aliphatic heterocycles. The highest BCUT2D eigenvalue weighted by Gasteiger charge is 2.28. The van der Waals surface area contributed by atoms with Gasteiger partial charge in [-0.2, -0.15) is 0 Å². The van der Waals surface area contributed by atoms with Crippen LogP contribution in [0.15, 0.2) is 18.2 Å². The van der Waals surface area contributed by atoms with Crippen LogP contribution in [0.3, 0.4) is 0 Å². The van der Waals surface area contributed by atoms with E-state index < -0.39 is 11.6 Å². The zero-order chi connectivity index (χ0) is 13.2. The topological polar surface area (TPSA) is 21.3 Å². The summed E-state index contributed by atoms with van der Waals surface area (Å²) in [5.41, 5.74) is 0.655. The third kappa shape index (κ3) is 3.50. The monoisotopic (exact) mass is 255 g/mol. The molecule has 0 bridgehead atoms. The standard InChI is InChI=1S/C14H19F2NO/c1-14(2)8-11(5-6-18-14)17-9-10-3-4-12(15)13(16)7-10/h3-4,7,11,17H,5-6,8-9H2,1-2H3. The van der Waals surface area contributed by atoms with Gasteiger partial charge in [-0.3, -0.25) is 0 Å². The molecule has 1 aromatic carbocycles. The third-order valence-electron chi connectivity index (χ3n) is 3.28. The molecule has 1 saturated heterocycles. The van der Waals surface area contributed by atoms with Gasteiger partial charge in [-0.05, 0) is 44.4 Å². The summed E-state index contributed by atoms with van der Waals surface area (Å²) >= 11 is 0. The van der Waals surface area contributed by atoms with Crippen molar-refractivity contribution in [3.63, 3.8) is 0 Å². The Morgan fingerprint density at radius 3 is 2.78 bits per heavy atom. The molecule has 0 radical (unpaired) electrons. The number of ether oxygens (including phenoxy) is 1. The van der Waals surface area contributed by atoms with E-state index in [1.165, 1.54) is 12.1 Å². The Hall–Kier alpha value is -1.00. The van der Waals surface area contributed by atoms with Crippen LogP contribution in [0.2, 0.25) is 0 Å². The number of rotatable bonds is 3. The van der Waals surface area contributed by atoms with Crippen molar-refractivity contribution in [2.24, 2.45) is 0 Å². The van der Waals surface area contributed by atoms with Gasteiger partial charge in [-0.15, -0.1) is 0 Å². The molecule has 1 aromatic rings. The molecule has 0 amide bonds. The number of hydrogen-bond acceptors (Lipinski definition) is 2. The van der Waals surface area contributed by atoms with Crippen molar-refractivity contribution in [3.05, 3.63) is 35.4 Å². The lowest BCUT2D eigenvalue weighted by molar-refractivity contribution is -0.0630. The minimum absolute atomic E-state index is 0.107. The molecule has 1 unspecified atom stereocenters. The van der Waals surface area contributed by atoms with E-state index in [0.29, 0.717) is 12.6 Å². The van der Waals surface area contributed by atoms with Crippen molar-refractivity contribution in [1.29, 1.82) is 0 Å². The first kappa shape index (κ1) is 13.4. The molecule has 1 aliphatic rings. The normalized spacial score (nSPS) is 23.0. The van der Waals surface area contributed by atoms with Crippen LogP contribution in [0.4, 0.5) is 8.78 Å². The van der Waals surface area contributed by atoms with Crippen molar-refractivity contribution in [2.45, 2.75) is 44.9 Å². The van der Waals surface area contributed by atoms with E-state index in [-0.39, 0.29) is 5.60 Å². The lowest BCUT2D eigenvalue weighted by atomic mass is 9.94. The summed E-state index contributed by atoms with van der Waals surface area (Å²) < 4.78 is 31.5. The van der Waals surface area contributed by atoms with Gasteiger partial charge >= 0.3 is 0 Å². The van der Waals surface area contributed by atoms with Crippen LogP contribution in [0.1, 0.15) is 32.3 Å². The summed E-state index contributed by atoms with van der Waals surface area (Å²) in [6.07, 6.45) is 1.88. The van der Waals surface area contributed by atoms with Crippen molar-refractivity contribution >= 4 is 0 Å². The van der Waals surface area contributed by atoms with Crippen molar-refractivity contribution in [3.8, 4) is 0 Å². The second-order valence-electron chi connectivity index (χ2n) is 5.43. The predicted molar refractivity (Wildman–Crippen MR) is 66.3 cm³/mol. The van der Waals surface area contributed by atoms with E-state index in [0.717, 1.165) is 25.0 Å². The lowest BCUT2D eigenvalue weighted by Gasteiger charge is -2.36. The molecule has 0 saturated carbocycles. The quantitative estimate of drug-likeness (QED) is 0.896. The molecule has 0 spiro atoms. The number of hydrogen-bond donors (Lipinski definition) is 1. The molecular weight excluding hydrogens is 236 g/mol. The molecule has 0 aliphatic carbocycles. The van der Waals surface area contributed by atoms with E-state index in [9.17, 15) is 8.78 Å². The Bertz CT molecular complexity index is 420. The fourth-order valence-electron chi connectivity index (χ4n) is 2.32. The average Bonchev–Trinajstić information content (AvgIpc) is 2.29. The van der Waals surface area contributed by atoms with Gasteiger partial charge < -0.3 is 10.1 Å². The fraction of sp³-hybridized carbons (Fsp3) is 0.571. The van der Waals surface area contributed by atoms with E-state index in [1.807, 2.05) is 0 Å². The van der Waals surface area contributed by atoms with Gasteiger partial charge in [0.2, 0.25) is 0 Å². The summed E-state index contributed by atoms with van der Waals surface area (Å²) in [5.74, 6) is -1.59. The smallest absolute Gasteiger partial charge is 0.159 e. The van der Waals surface area contributed by atoms with Gasteiger partial charge in [0.25, 0.3) is 0 Å². The zero-order valence-electron chi connectivity index (χ0n) is 10.8. The minimum atomic E-state index is -0.800. The highest BCUT2D eigenvalue weighted by Crippen LogP contribution is 2.24. The van der Waals surface area contributed by atoms with Gasteiger partial charge in [-0.1, -0.05) is 6.07 Å². The van der Waals surface area contributed by atoms with Crippen LogP contribution in [0, 0.1) is 11.6 Å². The Morgan fingerprint density at radius 1 is 1.33 bits per heavy atom. The third-order valence-corrected chi connectivity index (χ3v) is 3.28. The highest BCUT2D eigenvalue weighted by molar-refractivity contribution is 5.17. The van der Waals surface area contributed by atoms with Crippen LogP contribution in [-0.2, 0) is 11.3 Å². The molecule has 1 N–H and O–H groups in total. The first-order valence-corrected chi connectivity index (χ1v) is 6.27. The molecule has 18 heavy (non-hydrogen) atoms. The molecule has 2 nitrogen and oxygen atoms in total. The molecule has 4 heteroatoms. The van der Waals surface area contributed by atoms with E-state index in [2.05, 4.69) is 19.2 Å². The Balaban J connectivity index is 1.89. The maximum absolute atomic E-state index is 13.0. The largest absolute Gasteiger partial charge is 0.375 e. The Morgan fingerprint density at radius 2 is 2.11 bits per heavy atom. The lowest BCUT2D eigenvalue weighted by Crippen LogP contribution is -2.43. The first-order chi connectivity index (χ1) is 8.46. The second kappa shape index (κ2) is 5.33. The molecule has 0 aromatic heterocycles. The van der Waals surface area contributed by atoms with Crippen LogP contribution in [-0.4, -0.2) is 18.2 Å². The Labute approximate surface area is 106 Å². The summed E-state index contributed by atoms with van der Waals surface area (Å²) in [7, 11) is 0. The van der Waals surface area contributed by atoms with Crippen molar-refractivity contribution in [1.82, 2.24) is 5.32 Å². The minimum Gasteiger partial charge on any atom is -0.375 e. The van der Waals surface area contributed by atoms with Gasteiger partial charge in [0.05, 0.1) is 5.60 Å². The predicted octanol–water partition coefficient (Wildman–Crippen LogP) is 3.01. The summed E-state index contributed by atoms with van der Waals surface area (Å²) in [6, 6.07) is 4.38. The van der Waals surface area contributed by atoms with E-state index >= 15 is 0 Å². The molecule has 2 rings (SSSR count). The van der Waals surface area contributed by atoms with Gasteiger partial charge in [0, 0.05) is 19.2 Å². The highest BCUT2D eigenvalue weighted by atomic mass is 19.2. The van der Waals surface area contributed by atoms with Crippen LogP contribution in [0.25, 0.3) is 0 Å². The summed E-state index contributed by atoms with van der Waals surface area (Å²) in [5, 5.41) is 3.37. The van der Waals surface area contributed by atoms with Gasteiger partial charge in [0.1, 0.15) is 0 Å². The maximum Gasteiger partial charge on any atom is 0.159 e. The van der Waals surface area contributed by atoms with Crippen molar-refractivity contribution < 1.29 is 13.5 Å². The first-order valence-electron chi connectivity index (χ1n) is 6.27. The molecule has 1 fully saturated rings. The van der Waals surface area contributed by atoms with Gasteiger partial charge in [0.15, 0.2) is 11.6 Å². The number of benzene rings is 1. The number of halogens is 2. The van der Waals surface area contributed by atoms with Crippen LogP contribution >= 0.6 is 0 Å². The van der Waals surface area contributed by atoms with E-state index in [1.54, 1.807) is 6.07 Å². The fourth-order valence-corrected chi connectivity index (χ4v) is 2.32. The number of nitrogens with one attached hydrogen (secondary N) is 1. The average molecular weight is 255 g/mol. The van der Waals surface area contributed by atoms with Crippen LogP contribution in [0.5, 0.6) is 0 Å².